The number of benzene rings is 2. The van der Waals surface area contributed by atoms with Gasteiger partial charge in [0.25, 0.3) is 0 Å². The fourth-order valence-electron chi connectivity index (χ4n) is 1.39. The van der Waals surface area contributed by atoms with Gasteiger partial charge in [-0.25, -0.2) is 0 Å². The second kappa shape index (κ2) is 6.18. The second-order valence-electron chi connectivity index (χ2n) is 3.57. The normalized spacial score (nSPS) is 9.89. The van der Waals surface area contributed by atoms with Crippen molar-refractivity contribution in [2.24, 2.45) is 0 Å². The van der Waals surface area contributed by atoms with E-state index in [4.69, 9.17) is 23.8 Å². The van der Waals surface area contributed by atoms with Crippen LogP contribution in [0.4, 0.5) is 11.4 Å². The Bertz CT molecular complexity index is 560. The largest absolute Gasteiger partial charge is 0.332 e. The maximum atomic E-state index is 5.92. The van der Waals surface area contributed by atoms with Gasteiger partial charge < -0.3 is 10.6 Å². The molecule has 2 N–H and O–H groups in total. The lowest BCUT2D eigenvalue weighted by molar-refractivity contribution is 1.58. The molecule has 0 aliphatic carbocycles. The van der Waals surface area contributed by atoms with Crippen molar-refractivity contribution < 1.29 is 0 Å². The zero-order chi connectivity index (χ0) is 13.0. The number of anilines is 2. The molecule has 0 spiro atoms. The Morgan fingerprint density at radius 3 is 2.33 bits per heavy atom. The maximum Gasteiger partial charge on any atom is 0.175 e. The standard InChI is InChI=1S/C13H10BrClN2S/c14-11-8-10(6-7-12(11)15)17-13(18)16-9-4-2-1-3-5-9/h1-8H,(H2,16,17,18). The summed E-state index contributed by atoms with van der Waals surface area (Å²) in [5, 5.41) is 7.39. The Labute approximate surface area is 124 Å². The predicted molar refractivity (Wildman–Crippen MR) is 85.4 cm³/mol. The highest BCUT2D eigenvalue weighted by Crippen LogP contribution is 2.25. The molecule has 2 nitrogen and oxygen atoms in total. The van der Waals surface area contributed by atoms with Crippen molar-refractivity contribution in [1.82, 2.24) is 0 Å². The molecule has 2 rings (SSSR count). The van der Waals surface area contributed by atoms with Crippen molar-refractivity contribution in [2.75, 3.05) is 10.6 Å². The van der Waals surface area contributed by atoms with Crippen molar-refractivity contribution >= 4 is 56.2 Å². The minimum atomic E-state index is 0.537. The number of hydrogen-bond donors (Lipinski definition) is 2. The lowest BCUT2D eigenvalue weighted by Crippen LogP contribution is -2.18. The molecule has 0 amide bonds. The lowest BCUT2D eigenvalue weighted by atomic mass is 10.3. The summed E-state index contributed by atoms with van der Waals surface area (Å²) in [4.78, 5) is 0. The molecule has 0 radical (unpaired) electrons. The molecular weight excluding hydrogens is 332 g/mol. The van der Waals surface area contributed by atoms with Crippen LogP contribution in [0.3, 0.4) is 0 Å². The van der Waals surface area contributed by atoms with E-state index in [9.17, 15) is 0 Å². The molecule has 0 unspecified atom stereocenters. The van der Waals surface area contributed by atoms with Gasteiger partial charge in [-0.15, -0.1) is 0 Å². The van der Waals surface area contributed by atoms with Crippen LogP contribution < -0.4 is 10.6 Å². The first-order chi connectivity index (χ1) is 8.65. The number of nitrogens with one attached hydrogen (secondary N) is 2. The first-order valence-electron chi connectivity index (χ1n) is 5.23. The molecule has 0 saturated carbocycles. The zero-order valence-corrected chi connectivity index (χ0v) is 12.4. The Hall–Kier alpha value is -1.10. The van der Waals surface area contributed by atoms with Crippen molar-refractivity contribution in [2.45, 2.75) is 0 Å². The van der Waals surface area contributed by atoms with E-state index < -0.39 is 0 Å². The number of rotatable bonds is 2. The Balaban J connectivity index is 2.01. The summed E-state index contributed by atoms with van der Waals surface area (Å²) in [5.74, 6) is 0. The van der Waals surface area contributed by atoms with Gasteiger partial charge in [0.15, 0.2) is 5.11 Å². The molecule has 0 saturated heterocycles. The van der Waals surface area contributed by atoms with Crippen molar-refractivity contribution in [3.63, 3.8) is 0 Å². The lowest BCUT2D eigenvalue weighted by Gasteiger charge is -2.11. The molecule has 0 fully saturated rings. The highest BCUT2D eigenvalue weighted by atomic mass is 79.9. The van der Waals surface area contributed by atoms with Crippen LogP contribution in [0.25, 0.3) is 0 Å². The fraction of sp³-hybridized carbons (Fsp3) is 0. The first-order valence-corrected chi connectivity index (χ1v) is 6.81. The van der Waals surface area contributed by atoms with Crippen LogP contribution in [0.15, 0.2) is 53.0 Å². The van der Waals surface area contributed by atoms with Crippen LogP contribution >= 0.6 is 39.7 Å². The third kappa shape index (κ3) is 3.70. The summed E-state index contributed by atoms with van der Waals surface area (Å²) >= 11 is 14.5. The van der Waals surface area contributed by atoms with Gasteiger partial charge in [-0.1, -0.05) is 29.8 Å². The van der Waals surface area contributed by atoms with Crippen LogP contribution in [0, 0.1) is 0 Å². The average molecular weight is 342 g/mol. The zero-order valence-electron chi connectivity index (χ0n) is 9.28. The number of thiocarbonyl (C=S) groups is 1. The van der Waals surface area contributed by atoms with Crippen molar-refractivity contribution in [3.05, 3.63) is 58.0 Å². The third-order valence-electron chi connectivity index (χ3n) is 2.21. The molecule has 18 heavy (non-hydrogen) atoms. The minimum absolute atomic E-state index is 0.537. The topological polar surface area (TPSA) is 24.1 Å². The Kier molecular flexibility index (Phi) is 4.58. The number of hydrogen-bond acceptors (Lipinski definition) is 1. The summed E-state index contributed by atoms with van der Waals surface area (Å²) in [6.07, 6.45) is 0. The van der Waals surface area contributed by atoms with E-state index in [1.165, 1.54) is 0 Å². The van der Waals surface area contributed by atoms with Gasteiger partial charge in [-0.05, 0) is 58.5 Å². The predicted octanol–water partition coefficient (Wildman–Crippen LogP) is 4.91. The van der Waals surface area contributed by atoms with Gasteiger partial charge >= 0.3 is 0 Å². The van der Waals surface area contributed by atoms with E-state index in [1.54, 1.807) is 6.07 Å². The molecule has 92 valence electrons. The van der Waals surface area contributed by atoms with Crippen LogP contribution in [-0.4, -0.2) is 5.11 Å². The fourth-order valence-corrected chi connectivity index (χ4v) is 2.12. The van der Waals surface area contributed by atoms with Crippen LogP contribution in [0.1, 0.15) is 0 Å². The molecule has 5 heteroatoms. The first kappa shape index (κ1) is 13.3. The summed E-state index contributed by atoms with van der Waals surface area (Å²) in [7, 11) is 0. The van der Waals surface area contributed by atoms with Crippen LogP contribution in [0.2, 0.25) is 5.02 Å². The monoisotopic (exact) mass is 340 g/mol. The summed E-state index contributed by atoms with van der Waals surface area (Å²) in [5.41, 5.74) is 1.82. The van der Waals surface area contributed by atoms with Gasteiger partial charge in [-0.3, -0.25) is 0 Å². The molecule has 0 heterocycles. The Morgan fingerprint density at radius 2 is 1.67 bits per heavy atom. The van der Waals surface area contributed by atoms with Gasteiger partial charge in [0, 0.05) is 15.8 Å². The molecule has 0 aromatic heterocycles. The quantitative estimate of drug-likeness (QED) is 0.759. The van der Waals surface area contributed by atoms with Gasteiger partial charge in [-0.2, -0.15) is 0 Å². The van der Waals surface area contributed by atoms with Gasteiger partial charge in [0.1, 0.15) is 0 Å². The van der Waals surface area contributed by atoms with E-state index >= 15 is 0 Å². The second-order valence-corrected chi connectivity index (χ2v) is 5.24. The van der Waals surface area contributed by atoms with E-state index in [0.29, 0.717) is 10.1 Å². The molecule has 0 aliphatic heterocycles. The van der Waals surface area contributed by atoms with E-state index in [1.807, 2.05) is 42.5 Å². The maximum absolute atomic E-state index is 5.92. The van der Waals surface area contributed by atoms with Crippen LogP contribution in [0.5, 0.6) is 0 Å². The summed E-state index contributed by atoms with van der Waals surface area (Å²) in [6.45, 7) is 0. The van der Waals surface area contributed by atoms with Crippen LogP contribution in [-0.2, 0) is 0 Å². The summed E-state index contributed by atoms with van der Waals surface area (Å²) in [6, 6.07) is 15.3. The van der Waals surface area contributed by atoms with E-state index in [-0.39, 0.29) is 0 Å². The smallest absolute Gasteiger partial charge is 0.175 e. The summed E-state index contributed by atoms with van der Waals surface area (Å²) < 4.78 is 0.830. The molecule has 2 aromatic carbocycles. The third-order valence-corrected chi connectivity index (χ3v) is 3.63. The molecular formula is C13H10BrClN2S. The van der Waals surface area contributed by atoms with Gasteiger partial charge in [0.2, 0.25) is 0 Å². The highest BCUT2D eigenvalue weighted by molar-refractivity contribution is 9.10. The van der Waals surface area contributed by atoms with E-state index in [2.05, 4.69) is 26.6 Å². The minimum Gasteiger partial charge on any atom is -0.332 e. The highest BCUT2D eigenvalue weighted by Gasteiger charge is 2.01. The van der Waals surface area contributed by atoms with Gasteiger partial charge in [0.05, 0.1) is 5.02 Å². The number of para-hydroxylation sites is 1. The molecule has 2 aromatic rings. The molecule has 0 bridgehead atoms. The SMILES string of the molecule is S=C(Nc1ccccc1)Nc1ccc(Cl)c(Br)c1. The van der Waals surface area contributed by atoms with E-state index in [0.717, 1.165) is 15.8 Å². The van der Waals surface area contributed by atoms with Crippen molar-refractivity contribution in [1.29, 1.82) is 0 Å². The molecule has 0 aliphatic rings. The average Bonchev–Trinajstić information content (AvgIpc) is 2.35. The number of halogens is 2. The van der Waals surface area contributed by atoms with Crippen molar-refractivity contribution in [3.8, 4) is 0 Å². The Morgan fingerprint density at radius 1 is 1.00 bits per heavy atom. The molecule has 0 atom stereocenters.